The summed E-state index contributed by atoms with van der Waals surface area (Å²) in [6.07, 6.45) is 4.65. The van der Waals surface area contributed by atoms with Crippen molar-refractivity contribution in [3.05, 3.63) is 12.7 Å². The monoisotopic (exact) mass is 241 g/mol. The molecule has 0 radical (unpaired) electrons. The topological polar surface area (TPSA) is 75.6 Å². The Morgan fingerprint density at radius 1 is 1.59 bits per heavy atom. The van der Waals surface area contributed by atoms with Crippen LogP contribution in [0.4, 0.5) is 0 Å². The first-order valence-electron chi connectivity index (χ1n) is 5.91. The fraction of sp³-hybridized carbons (Fsp3) is 0.667. The maximum atomic E-state index is 11.7. The molecule has 2 atom stereocenters. The summed E-state index contributed by atoms with van der Waals surface area (Å²) in [5.41, 5.74) is 0. The summed E-state index contributed by atoms with van der Waals surface area (Å²) >= 11 is 0. The standard InChI is InChI=1S/C12H19NO4/c1-2-3-4-6-9(12(15)16)13-11(14)10-7-5-8-17-10/h2,9-10H,1,3-8H2,(H,13,14)(H,15,16)/t9-,10+/m0/s1. The van der Waals surface area contributed by atoms with Gasteiger partial charge in [0.2, 0.25) is 5.91 Å². The van der Waals surface area contributed by atoms with Crippen LogP contribution in [-0.4, -0.2) is 35.7 Å². The number of amides is 1. The maximum Gasteiger partial charge on any atom is 0.326 e. The summed E-state index contributed by atoms with van der Waals surface area (Å²) in [6, 6.07) is -0.827. The molecule has 17 heavy (non-hydrogen) atoms. The Morgan fingerprint density at radius 3 is 2.88 bits per heavy atom. The Hall–Kier alpha value is -1.36. The fourth-order valence-electron chi connectivity index (χ4n) is 1.77. The third-order valence-electron chi connectivity index (χ3n) is 2.74. The van der Waals surface area contributed by atoms with Gasteiger partial charge >= 0.3 is 5.97 Å². The quantitative estimate of drug-likeness (QED) is 0.517. The lowest BCUT2D eigenvalue weighted by Gasteiger charge is -2.16. The Bertz CT molecular complexity index is 284. The van der Waals surface area contributed by atoms with Gasteiger partial charge in [0.05, 0.1) is 0 Å². The Labute approximate surface area is 101 Å². The molecule has 0 bridgehead atoms. The minimum absolute atomic E-state index is 0.312. The van der Waals surface area contributed by atoms with Crippen LogP contribution in [0.1, 0.15) is 32.1 Å². The SMILES string of the molecule is C=CCCC[C@H](NC(=O)[C@H]1CCCO1)C(=O)O. The van der Waals surface area contributed by atoms with Gasteiger partial charge in [0.25, 0.3) is 0 Å². The molecule has 1 fully saturated rings. The number of carbonyl (C=O) groups is 2. The number of nitrogens with one attached hydrogen (secondary N) is 1. The third kappa shape index (κ3) is 4.56. The van der Waals surface area contributed by atoms with E-state index in [1.165, 1.54) is 0 Å². The summed E-state index contributed by atoms with van der Waals surface area (Å²) in [4.78, 5) is 22.6. The lowest BCUT2D eigenvalue weighted by atomic mass is 10.1. The second-order valence-electron chi connectivity index (χ2n) is 4.12. The largest absolute Gasteiger partial charge is 0.480 e. The number of allylic oxidation sites excluding steroid dienone is 1. The molecular weight excluding hydrogens is 222 g/mol. The van der Waals surface area contributed by atoms with E-state index in [9.17, 15) is 9.59 Å². The second kappa shape index (κ2) is 7.06. The molecule has 5 nitrogen and oxygen atoms in total. The molecule has 1 rings (SSSR count). The molecule has 1 amide bonds. The van der Waals surface area contributed by atoms with Crippen molar-refractivity contribution in [1.29, 1.82) is 0 Å². The van der Waals surface area contributed by atoms with Crippen LogP contribution in [0, 0.1) is 0 Å². The van der Waals surface area contributed by atoms with Crippen molar-refractivity contribution in [2.75, 3.05) is 6.61 Å². The van der Waals surface area contributed by atoms with E-state index in [1.54, 1.807) is 6.08 Å². The van der Waals surface area contributed by atoms with E-state index in [4.69, 9.17) is 9.84 Å². The van der Waals surface area contributed by atoms with Crippen molar-refractivity contribution in [2.45, 2.75) is 44.2 Å². The molecule has 96 valence electrons. The van der Waals surface area contributed by atoms with E-state index in [0.29, 0.717) is 25.9 Å². The lowest BCUT2D eigenvalue weighted by molar-refractivity contribution is -0.143. The number of unbranched alkanes of at least 4 members (excludes halogenated alkanes) is 1. The summed E-state index contributed by atoms with van der Waals surface area (Å²) in [5, 5.41) is 11.5. The summed E-state index contributed by atoms with van der Waals surface area (Å²) in [7, 11) is 0. The molecule has 1 aliphatic rings. The molecule has 0 aromatic heterocycles. The first kappa shape index (κ1) is 13.7. The molecule has 0 spiro atoms. The summed E-state index contributed by atoms with van der Waals surface area (Å²) in [5.74, 6) is -1.31. The first-order chi connectivity index (χ1) is 8.15. The fourth-order valence-corrected chi connectivity index (χ4v) is 1.77. The van der Waals surface area contributed by atoms with E-state index >= 15 is 0 Å². The van der Waals surface area contributed by atoms with Gasteiger partial charge in [0.15, 0.2) is 0 Å². The summed E-state index contributed by atoms with van der Waals surface area (Å²) in [6.45, 7) is 4.15. The molecule has 1 heterocycles. The van der Waals surface area contributed by atoms with Crippen LogP contribution in [0.3, 0.4) is 0 Å². The number of carboxylic acid groups (broad SMARTS) is 1. The molecule has 0 saturated carbocycles. The van der Waals surface area contributed by atoms with Crippen LogP contribution in [0.15, 0.2) is 12.7 Å². The molecular formula is C12H19NO4. The highest BCUT2D eigenvalue weighted by Gasteiger charge is 2.27. The Morgan fingerprint density at radius 2 is 2.35 bits per heavy atom. The normalized spacial score (nSPS) is 20.8. The van der Waals surface area contributed by atoms with Crippen LogP contribution >= 0.6 is 0 Å². The maximum absolute atomic E-state index is 11.7. The van der Waals surface area contributed by atoms with Crippen LogP contribution < -0.4 is 5.32 Å². The number of carbonyl (C=O) groups excluding carboxylic acids is 1. The van der Waals surface area contributed by atoms with Gasteiger partial charge in [0.1, 0.15) is 12.1 Å². The number of ether oxygens (including phenoxy) is 1. The average Bonchev–Trinajstić information content (AvgIpc) is 2.81. The molecule has 1 saturated heterocycles. The van der Waals surface area contributed by atoms with E-state index in [0.717, 1.165) is 12.8 Å². The third-order valence-corrected chi connectivity index (χ3v) is 2.74. The second-order valence-corrected chi connectivity index (χ2v) is 4.12. The van der Waals surface area contributed by atoms with Crippen LogP contribution in [0.5, 0.6) is 0 Å². The first-order valence-corrected chi connectivity index (χ1v) is 5.91. The van der Waals surface area contributed by atoms with E-state index in [2.05, 4.69) is 11.9 Å². The van der Waals surface area contributed by atoms with Crippen molar-refractivity contribution in [1.82, 2.24) is 5.32 Å². The van der Waals surface area contributed by atoms with E-state index < -0.39 is 18.1 Å². The number of rotatable bonds is 7. The molecule has 2 N–H and O–H groups in total. The highest BCUT2D eigenvalue weighted by molar-refractivity contribution is 5.86. The smallest absolute Gasteiger partial charge is 0.326 e. The Balaban J connectivity index is 2.39. The van der Waals surface area contributed by atoms with E-state index in [-0.39, 0.29) is 5.91 Å². The molecule has 0 aromatic carbocycles. The van der Waals surface area contributed by atoms with Gasteiger partial charge < -0.3 is 15.2 Å². The highest BCUT2D eigenvalue weighted by atomic mass is 16.5. The van der Waals surface area contributed by atoms with Gasteiger partial charge in [-0.25, -0.2) is 4.79 Å². The molecule has 0 unspecified atom stereocenters. The molecule has 5 heteroatoms. The summed E-state index contributed by atoms with van der Waals surface area (Å²) < 4.78 is 5.20. The lowest BCUT2D eigenvalue weighted by Crippen LogP contribution is -2.45. The Kier molecular flexibility index (Phi) is 5.69. The molecule has 0 aliphatic carbocycles. The van der Waals surface area contributed by atoms with Crippen molar-refractivity contribution < 1.29 is 19.4 Å². The zero-order chi connectivity index (χ0) is 12.7. The average molecular weight is 241 g/mol. The predicted octanol–water partition coefficient (Wildman–Crippen LogP) is 1.09. The van der Waals surface area contributed by atoms with Gasteiger partial charge in [-0.1, -0.05) is 6.08 Å². The molecule has 0 aromatic rings. The zero-order valence-electron chi connectivity index (χ0n) is 9.85. The van der Waals surface area contributed by atoms with Crippen LogP contribution in [0.25, 0.3) is 0 Å². The number of carboxylic acids is 1. The van der Waals surface area contributed by atoms with E-state index in [1.807, 2.05) is 0 Å². The van der Waals surface area contributed by atoms with Crippen molar-refractivity contribution in [3.8, 4) is 0 Å². The van der Waals surface area contributed by atoms with Gasteiger partial charge in [-0.05, 0) is 32.1 Å². The van der Waals surface area contributed by atoms with Gasteiger partial charge in [0, 0.05) is 6.61 Å². The number of aliphatic carboxylic acids is 1. The van der Waals surface area contributed by atoms with Gasteiger partial charge in [-0.2, -0.15) is 0 Å². The predicted molar refractivity (Wildman–Crippen MR) is 62.6 cm³/mol. The zero-order valence-corrected chi connectivity index (χ0v) is 9.85. The van der Waals surface area contributed by atoms with Gasteiger partial charge in [-0.3, -0.25) is 4.79 Å². The minimum Gasteiger partial charge on any atom is -0.480 e. The molecule has 1 aliphatic heterocycles. The number of hydrogen-bond donors (Lipinski definition) is 2. The van der Waals surface area contributed by atoms with Gasteiger partial charge in [-0.15, -0.1) is 6.58 Å². The van der Waals surface area contributed by atoms with Crippen LogP contribution in [0.2, 0.25) is 0 Å². The van der Waals surface area contributed by atoms with Crippen molar-refractivity contribution in [2.24, 2.45) is 0 Å². The minimum atomic E-state index is -1.000. The van der Waals surface area contributed by atoms with Crippen molar-refractivity contribution >= 4 is 11.9 Å². The number of hydrogen-bond acceptors (Lipinski definition) is 3. The van der Waals surface area contributed by atoms with Crippen LogP contribution in [-0.2, 0) is 14.3 Å². The van der Waals surface area contributed by atoms with Crippen molar-refractivity contribution in [3.63, 3.8) is 0 Å². The highest BCUT2D eigenvalue weighted by Crippen LogP contribution is 2.12.